The maximum Gasteiger partial charge on any atom is 0.397 e. The van der Waals surface area contributed by atoms with Crippen molar-refractivity contribution in [2.75, 3.05) is 26.4 Å². The molecule has 8 N–H and O–H groups in total. The van der Waals surface area contributed by atoms with Crippen LogP contribution >= 0.6 is 0 Å². The lowest BCUT2D eigenvalue weighted by molar-refractivity contribution is -0.298. The molecular weight excluding hydrogens is 624 g/mol. The number of aliphatic carboxylic acids is 1. The Morgan fingerprint density at radius 2 is 1.55 bits per heavy atom. The van der Waals surface area contributed by atoms with Crippen molar-refractivity contribution in [3.8, 4) is 0 Å². The Balaban J connectivity index is 1.75. The number of carbonyl (C=O) groups is 1. The molecule has 244 valence electrons. The second-order valence-electron chi connectivity index (χ2n) is 9.65. The minimum Gasteiger partial charge on any atom is -0.475 e. The quantitative estimate of drug-likeness (QED) is 0.0918. The summed E-state index contributed by atoms with van der Waals surface area (Å²) in [4.78, 5) is 11.2. The van der Waals surface area contributed by atoms with E-state index >= 15 is 0 Å². The molecule has 0 amide bonds. The van der Waals surface area contributed by atoms with Gasteiger partial charge in [-0.1, -0.05) is 0 Å². The minimum absolute atomic E-state index is 0.310. The summed E-state index contributed by atoms with van der Waals surface area (Å²) in [6.07, 6.45) is -15.8. The third-order valence-electron chi connectivity index (χ3n) is 6.68. The van der Waals surface area contributed by atoms with Crippen molar-refractivity contribution in [2.45, 2.75) is 68.3 Å². The van der Waals surface area contributed by atoms with Crippen molar-refractivity contribution in [3.05, 3.63) is 11.8 Å². The molecule has 0 aromatic rings. The van der Waals surface area contributed by atoms with Crippen LogP contribution in [0.15, 0.2) is 11.8 Å². The normalized spacial score (nSPS) is 39.8. The summed E-state index contributed by atoms with van der Waals surface area (Å²) in [5, 5.41) is 60.8. The number of ether oxygens (including phenoxy) is 5. The van der Waals surface area contributed by atoms with Gasteiger partial charge in [0.2, 0.25) is 12.0 Å². The summed E-state index contributed by atoms with van der Waals surface area (Å²) in [5.74, 6) is -4.27. The van der Waals surface area contributed by atoms with Crippen LogP contribution < -0.4 is 0 Å². The van der Waals surface area contributed by atoms with E-state index in [0.717, 1.165) is 6.08 Å². The number of aliphatic hydroxyl groups excluding tert-OH is 5. The summed E-state index contributed by atoms with van der Waals surface area (Å²) in [5.41, 5.74) is 0. The molecule has 0 bridgehead atoms. The molecule has 0 spiro atoms. The third kappa shape index (κ3) is 9.20. The highest BCUT2D eigenvalue weighted by atomic mass is 32.3. The molecule has 20 nitrogen and oxygen atoms in total. The Kier molecular flexibility index (Phi) is 11.6. The van der Waals surface area contributed by atoms with Crippen molar-refractivity contribution >= 4 is 26.8 Å². The molecule has 3 aliphatic heterocycles. The fraction of sp³-hybridized carbons (Fsp3) is 0.850. The lowest BCUT2D eigenvalue weighted by Crippen LogP contribution is -2.59. The predicted molar refractivity (Wildman–Crippen MR) is 128 cm³/mol. The molecule has 0 aromatic heterocycles. The first kappa shape index (κ1) is 34.9. The SMILES string of the molecule is CC1O[C@@H](OCC2C(CO[C@@H]3OC(C(=O)O)=CC(O)C3O)COC(COS(=O)(=O)O)[C@@H]2O)C(O)C(OS(=O)(=O)O)[C@H]1O. The fourth-order valence-corrected chi connectivity index (χ4v) is 5.26. The molecule has 2 fully saturated rings. The summed E-state index contributed by atoms with van der Waals surface area (Å²) < 4.78 is 97.7. The Hall–Kier alpha value is -1.61. The Labute approximate surface area is 238 Å². The van der Waals surface area contributed by atoms with Gasteiger partial charge < -0.3 is 54.3 Å². The lowest BCUT2D eigenvalue weighted by Gasteiger charge is -2.43. The van der Waals surface area contributed by atoms with Crippen LogP contribution in [0.4, 0.5) is 0 Å². The predicted octanol–water partition coefficient (Wildman–Crippen LogP) is -4.47. The summed E-state index contributed by atoms with van der Waals surface area (Å²) in [6.45, 7) is -0.879. The van der Waals surface area contributed by atoms with Crippen molar-refractivity contribution in [1.29, 1.82) is 0 Å². The highest BCUT2D eigenvalue weighted by Gasteiger charge is 2.48. The molecule has 0 radical (unpaired) electrons. The molecule has 22 heteroatoms. The van der Waals surface area contributed by atoms with Crippen molar-refractivity contribution in [1.82, 2.24) is 0 Å². The van der Waals surface area contributed by atoms with Gasteiger partial charge in [-0.2, -0.15) is 16.8 Å². The lowest BCUT2D eigenvalue weighted by atomic mass is 9.84. The van der Waals surface area contributed by atoms with E-state index in [1.165, 1.54) is 6.92 Å². The average molecular weight is 657 g/mol. The van der Waals surface area contributed by atoms with Crippen molar-refractivity contribution in [2.24, 2.45) is 11.8 Å². The standard InChI is InChI=1S/C20H32O20S2/c1-7-13(22)17(40-42(31,32)33)16(25)20(38-7)36-5-9-8(3-34-12(14(9)23)6-37-41(28,29)30)4-35-19-15(24)10(21)2-11(39-19)18(26)27/h2,7-10,12-17,19-25H,3-6H2,1H3,(H,26,27)(H,28,29,30)(H,31,32,33)/t7?,8?,9?,10?,12?,13-,14+,15?,16?,17?,19+,20+/m0/s1. The summed E-state index contributed by atoms with van der Waals surface area (Å²) >= 11 is 0. The zero-order chi connectivity index (χ0) is 31.6. The van der Waals surface area contributed by atoms with E-state index in [9.17, 15) is 47.2 Å². The zero-order valence-corrected chi connectivity index (χ0v) is 23.3. The number of carboxylic acid groups (broad SMARTS) is 1. The largest absolute Gasteiger partial charge is 0.475 e. The molecule has 12 atom stereocenters. The smallest absolute Gasteiger partial charge is 0.397 e. The van der Waals surface area contributed by atoms with E-state index in [1.807, 2.05) is 0 Å². The van der Waals surface area contributed by atoms with Crippen LogP contribution in [0.1, 0.15) is 6.92 Å². The second kappa shape index (κ2) is 14.0. The number of rotatable bonds is 12. The number of hydrogen-bond acceptors (Lipinski definition) is 17. The first-order valence-corrected chi connectivity index (χ1v) is 14.9. The van der Waals surface area contributed by atoms with E-state index in [0.29, 0.717) is 0 Å². The molecule has 3 heterocycles. The molecule has 3 aliphatic rings. The van der Waals surface area contributed by atoms with Crippen LogP contribution in [0.3, 0.4) is 0 Å². The monoisotopic (exact) mass is 656 g/mol. The van der Waals surface area contributed by atoms with Crippen molar-refractivity contribution in [3.63, 3.8) is 0 Å². The van der Waals surface area contributed by atoms with E-state index in [-0.39, 0.29) is 6.61 Å². The van der Waals surface area contributed by atoms with Gasteiger partial charge in [-0.25, -0.2) is 13.2 Å². The molecule has 42 heavy (non-hydrogen) atoms. The molecule has 0 aromatic carbocycles. The Bertz CT molecular complexity index is 1170. The van der Waals surface area contributed by atoms with E-state index in [1.54, 1.807) is 0 Å². The maximum absolute atomic E-state index is 11.2. The van der Waals surface area contributed by atoms with Crippen LogP contribution in [0.2, 0.25) is 0 Å². The first-order valence-electron chi connectivity index (χ1n) is 12.2. The zero-order valence-electron chi connectivity index (χ0n) is 21.6. The van der Waals surface area contributed by atoms with Crippen LogP contribution in [0.25, 0.3) is 0 Å². The van der Waals surface area contributed by atoms with Gasteiger partial charge in [0.25, 0.3) is 0 Å². The van der Waals surface area contributed by atoms with E-state index in [4.69, 9.17) is 37.9 Å². The Morgan fingerprint density at radius 1 is 0.905 bits per heavy atom. The third-order valence-corrected chi connectivity index (χ3v) is 7.58. The van der Waals surface area contributed by atoms with Gasteiger partial charge in [-0.05, 0) is 13.0 Å². The number of carboxylic acids is 1. The van der Waals surface area contributed by atoms with Crippen LogP contribution in [-0.4, -0.2) is 150 Å². The second-order valence-corrected chi connectivity index (χ2v) is 11.8. The topological polar surface area (TPSA) is 312 Å². The molecule has 2 saturated heterocycles. The number of aliphatic hydroxyl groups is 5. The summed E-state index contributed by atoms with van der Waals surface area (Å²) in [6, 6.07) is 0. The molecule has 3 rings (SSSR count). The van der Waals surface area contributed by atoms with Gasteiger partial charge in [-0.15, -0.1) is 0 Å². The fourth-order valence-electron chi connectivity index (χ4n) is 4.45. The first-order chi connectivity index (χ1) is 19.4. The van der Waals surface area contributed by atoms with Gasteiger partial charge in [0, 0.05) is 11.8 Å². The van der Waals surface area contributed by atoms with Crippen LogP contribution in [0.5, 0.6) is 0 Å². The maximum atomic E-state index is 11.2. The van der Waals surface area contributed by atoms with E-state index < -0.39 is 126 Å². The molecule has 0 aliphatic carbocycles. The summed E-state index contributed by atoms with van der Waals surface area (Å²) in [7, 11) is -10.1. The highest BCUT2D eigenvalue weighted by molar-refractivity contribution is 7.81. The molecule has 8 unspecified atom stereocenters. The Morgan fingerprint density at radius 3 is 2.14 bits per heavy atom. The molecule has 0 saturated carbocycles. The van der Waals surface area contributed by atoms with Gasteiger partial charge >= 0.3 is 26.8 Å². The van der Waals surface area contributed by atoms with Gasteiger partial charge in [-0.3, -0.25) is 9.11 Å². The van der Waals surface area contributed by atoms with E-state index in [2.05, 4.69) is 8.37 Å². The molecular formula is C20H32O20S2. The average Bonchev–Trinajstić information content (AvgIpc) is 2.87. The van der Waals surface area contributed by atoms with Crippen molar-refractivity contribution < 1.29 is 93.4 Å². The van der Waals surface area contributed by atoms with Gasteiger partial charge in [0.05, 0.1) is 38.6 Å². The van der Waals surface area contributed by atoms with Gasteiger partial charge in [0.15, 0.2) is 6.29 Å². The minimum atomic E-state index is -5.13. The number of hydrogen-bond donors (Lipinski definition) is 8. The van der Waals surface area contributed by atoms with Crippen LogP contribution in [-0.2, 0) is 57.6 Å². The van der Waals surface area contributed by atoms with Gasteiger partial charge in [0.1, 0.15) is 36.6 Å². The highest BCUT2D eigenvalue weighted by Crippen LogP contribution is 2.32. The van der Waals surface area contributed by atoms with Crippen LogP contribution in [0, 0.1) is 11.8 Å².